The van der Waals surface area contributed by atoms with Crippen molar-refractivity contribution in [1.82, 2.24) is 0 Å². The molecule has 3 heteroatoms. The van der Waals surface area contributed by atoms with Gasteiger partial charge in [0.25, 0.3) is 0 Å². The van der Waals surface area contributed by atoms with Gasteiger partial charge in [-0.25, -0.2) is 0 Å². The van der Waals surface area contributed by atoms with Crippen molar-refractivity contribution < 1.29 is 9.84 Å². The first-order valence-electron chi connectivity index (χ1n) is 4.94. The highest BCUT2D eigenvalue weighted by atomic mass is 16.6. The van der Waals surface area contributed by atoms with Gasteiger partial charge in [0.1, 0.15) is 6.10 Å². The number of fused-ring (bicyclic) bond motifs is 1. The highest BCUT2D eigenvalue weighted by Crippen LogP contribution is 2.19. The summed E-state index contributed by atoms with van der Waals surface area (Å²) in [5.41, 5.74) is 2.77. The van der Waals surface area contributed by atoms with Crippen LogP contribution in [0.4, 0.5) is 5.69 Å². The molecule has 0 spiro atoms. The molecule has 0 bridgehead atoms. The average Bonchev–Trinajstić information content (AvgIpc) is 2.96. The third-order valence-electron chi connectivity index (χ3n) is 2.33. The van der Waals surface area contributed by atoms with Gasteiger partial charge in [0.05, 0.1) is 13.2 Å². The van der Waals surface area contributed by atoms with Crippen molar-refractivity contribution in [2.45, 2.75) is 12.5 Å². The first kappa shape index (κ1) is 9.49. The number of benzene rings is 1. The molecule has 1 aromatic carbocycles. The van der Waals surface area contributed by atoms with Gasteiger partial charge < -0.3 is 15.2 Å². The van der Waals surface area contributed by atoms with E-state index in [1.54, 1.807) is 0 Å². The van der Waals surface area contributed by atoms with Gasteiger partial charge in [-0.3, -0.25) is 0 Å². The maximum Gasteiger partial charge on any atom is 0.104 e. The molecule has 76 valence electrons. The Morgan fingerprint density at radius 1 is 1.43 bits per heavy atom. The van der Waals surface area contributed by atoms with E-state index in [0.29, 0.717) is 0 Å². The number of para-hydroxylation sites is 1. The number of hydrogen-bond donors (Lipinski definition) is 2. The van der Waals surface area contributed by atoms with E-state index in [2.05, 4.69) is 34.3 Å². The van der Waals surface area contributed by atoms with Crippen molar-refractivity contribution in [2.75, 3.05) is 25.1 Å². The molecule has 3 nitrogen and oxygen atoms in total. The number of anilines is 1. The van der Waals surface area contributed by atoms with Crippen LogP contribution in [0.25, 0.3) is 0 Å². The minimum absolute atomic E-state index is 0.190. The van der Waals surface area contributed by atoms with Crippen LogP contribution in [0, 0.1) is 0 Å². The van der Waals surface area contributed by atoms with Crippen molar-refractivity contribution in [2.24, 2.45) is 0 Å². The molecular weight excluding hydrogens is 178 g/mol. The predicted molar refractivity (Wildman–Crippen MR) is 55.5 cm³/mol. The van der Waals surface area contributed by atoms with Gasteiger partial charge in [-0.1, -0.05) is 18.2 Å². The van der Waals surface area contributed by atoms with Crippen LogP contribution in [-0.4, -0.2) is 31.0 Å². The van der Waals surface area contributed by atoms with Crippen LogP contribution in [0.1, 0.15) is 5.56 Å². The summed E-state index contributed by atoms with van der Waals surface area (Å²) in [5.74, 6) is 0. The standard InChI is InChI=1S/C8H9N.C3H6O2/c1-2-4-8-7(3-1)5-6-9-8;4-1-3-2-5-3/h1-4,9H,5-6H2;3-4H,1-2H2. The van der Waals surface area contributed by atoms with Crippen molar-refractivity contribution in [3.05, 3.63) is 29.8 Å². The van der Waals surface area contributed by atoms with Crippen LogP contribution in [0.3, 0.4) is 0 Å². The Labute approximate surface area is 83.7 Å². The molecule has 3 rings (SSSR count). The van der Waals surface area contributed by atoms with Gasteiger partial charge in [0.2, 0.25) is 0 Å². The van der Waals surface area contributed by atoms with Crippen LogP contribution in [0.5, 0.6) is 0 Å². The average molecular weight is 193 g/mol. The Hall–Kier alpha value is -1.06. The second kappa shape index (κ2) is 4.44. The van der Waals surface area contributed by atoms with Gasteiger partial charge in [-0.15, -0.1) is 0 Å². The fourth-order valence-corrected chi connectivity index (χ4v) is 1.42. The Morgan fingerprint density at radius 3 is 2.79 bits per heavy atom. The van der Waals surface area contributed by atoms with E-state index in [1.165, 1.54) is 17.7 Å². The molecule has 1 atom stereocenters. The highest BCUT2D eigenvalue weighted by Gasteiger charge is 2.19. The van der Waals surface area contributed by atoms with Gasteiger partial charge in [-0.2, -0.15) is 0 Å². The number of epoxide rings is 1. The number of aliphatic hydroxyl groups is 1. The molecule has 2 N–H and O–H groups in total. The molecule has 2 aliphatic rings. The van der Waals surface area contributed by atoms with Crippen LogP contribution in [-0.2, 0) is 11.2 Å². The molecule has 0 amide bonds. The van der Waals surface area contributed by atoms with E-state index >= 15 is 0 Å². The van der Waals surface area contributed by atoms with Crippen LogP contribution in [0.2, 0.25) is 0 Å². The first-order valence-corrected chi connectivity index (χ1v) is 4.94. The van der Waals surface area contributed by atoms with Crippen molar-refractivity contribution in [3.8, 4) is 0 Å². The lowest BCUT2D eigenvalue weighted by molar-refractivity contribution is 0.244. The summed E-state index contributed by atoms with van der Waals surface area (Å²) in [4.78, 5) is 0. The molecule has 0 saturated carbocycles. The summed E-state index contributed by atoms with van der Waals surface area (Å²) >= 11 is 0. The lowest BCUT2D eigenvalue weighted by Crippen LogP contribution is -1.90. The summed E-state index contributed by atoms with van der Waals surface area (Å²) in [7, 11) is 0. The van der Waals surface area contributed by atoms with E-state index in [0.717, 1.165) is 13.2 Å². The van der Waals surface area contributed by atoms with E-state index < -0.39 is 0 Å². The summed E-state index contributed by atoms with van der Waals surface area (Å²) in [6, 6.07) is 8.46. The Balaban J connectivity index is 0.000000128. The Morgan fingerprint density at radius 2 is 2.21 bits per heavy atom. The molecule has 1 aromatic rings. The van der Waals surface area contributed by atoms with E-state index in [-0.39, 0.29) is 12.7 Å². The lowest BCUT2D eigenvalue weighted by atomic mass is 10.2. The normalized spacial score (nSPS) is 21.6. The zero-order chi connectivity index (χ0) is 9.80. The van der Waals surface area contributed by atoms with Gasteiger partial charge in [0, 0.05) is 12.2 Å². The summed E-state index contributed by atoms with van der Waals surface area (Å²) in [5, 5.41) is 11.4. The number of ether oxygens (including phenoxy) is 1. The molecule has 14 heavy (non-hydrogen) atoms. The molecule has 1 fully saturated rings. The Bertz CT molecular complexity index is 274. The van der Waals surface area contributed by atoms with E-state index in [1.807, 2.05) is 0 Å². The van der Waals surface area contributed by atoms with Crippen molar-refractivity contribution in [1.29, 1.82) is 0 Å². The van der Waals surface area contributed by atoms with Gasteiger partial charge in [-0.05, 0) is 18.1 Å². The number of aliphatic hydroxyl groups excluding tert-OH is 1. The van der Waals surface area contributed by atoms with Crippen molar-refractivity contribution in [3.63, 3.8) is 0 Å². The molecule has 2 aliphatic heterocycles. The highest BCUT2D eigenvalue weighted by molar-refractivity contribution is 5.54. The summed E-state index contributed by atoms with van der Waals surface area (Å²) < 4.78 is 4.61. The SMILES string of the molecule is OCC1CO1.c1ccc2c(c1)CCN2. The molecular formula is C11H15NO2. The fourth-order valence-electron chi connectivity index (χ4n) is 1.42. The maximum atomic E-state index is 8.08. The first-order chi connectivity index (χ1) is 6.90. The molecule has 1 unspecified atom stereocenters. The van der Waals surface area contributed by atoms with Crippen LogP contribution < -0.4 is 5.32 Å². The monoisotopic (exact) mass is 193 g/mol. The van der Waals surface area contributed by atoms with Crippen molar-refractivity contribution >= 4 is 5.69 Å². The maximum absolute atomic E-state index is 8.08. The Kier molecular flexibility index (Phi) is 3.01. The second-order valence-corrected chi connectivity index (χ2v) is 3.47. The molecule has 0 aliphatic carbocycles. The predicted octanol–water partition coefficient (Wildman–Crippen LogP) is 1.03. The zero-order valence-corrected chi connectivity index (χ0v) is 8.07. The van der Waals surface area contributed by atoms with Gasteiger partial charge >= 0.3 is 0 Å². The number of hydrogen-bond acceptors (Lipinski definition) is 3. The third kappa shape index (κ3) is 2.47. The number of nitrogens with one attached hydrogen (secondary N) is 1. The third-order valence-corrected chi connectivity index (χ3v) is 2.33. The topological polar surface area (TPSA) is 44.8 Å². The fraction of sp³-hybridized carbons (Fsp3) is 0.455. The summed E-state index contributed by atoms with van der Waals surface area (Å²) in [6.45, 7) is 2.07. The van der Waals surface area contributed by atoms with E-state index in [9.17, 15) is 0 Å². The minimum Gasteiger partial charge on any atom is -0.394 e. The lowest BCUT2D eigenvalue weighted by Gasteiger charge is -1.94. The largest absolute Gasteiger partial charge is 0.394 e. The minimum atomic E-state index is 0.190. The van der Waals surface area contributed by atoms with E-state index in [4.69, 9.17) is 5.11 Å². The molecule has 0 aromatic heterocycles. The number of rotatable bonds is 1. The van der Waals surface area contributed by atoms with Crippen LogP contribution in [0.15, 0.2) is 24.3 Å². The molecule has 2 heterocycles. The zero-order valence-electron chi connectivity index (χ0n) is 8.07. The quantitative estimate of drug-likeness (QED) is 0.655. The van der Waals surface area contributed by atoms with Gasteiger partial charge in [0.15, 0.2) is 0 Å². The second-order valence-electron chi connectivity index (χ2n) is 3.47. The molecule has 1 saturated heterocycles. The van der Waals surface area contributed by atoms with Crippen LogP contribution >= 0.6 is 0 Å². The smallest absolute Gasteiger partial charge is 0.104 e. The molecule has 0 radical (unpaired) electrons. The summed E-state index contributed by atoms with van der Waals surface area (Å²) in [6.07, 6.45) is 1.38.